The zero-order valence-corrected chi connectivity index (χ0v) is 9.90. The molecule has 1 heteroatoms. The Morgan fingerprint density at radius 2 is 1.69 bits per heavy atom. The minimum atomic E-state index is 0.421. The molecule has 0 aromatic carbocycles. The van der Waals surface area contributed by atoms with Crippen LogP contribution in [0.5, 0.6) is 0 Å². The molecule has 0 bridgehead atoms. The first kappa shape index (κ1) is 13.1. The van der Waals surface area contributed by atoms with Crippen LogP contribution in [0.4, 0.5) is 0 Å². The highest BCUT2D eigenvalue weighted by Crippen LogP contribution is 2.40. The van der Waals surface area contributed by atoms with Gasteiger partial charge in [0.1, 0.15) is 0 Å². The molecule has 0 nitrogen and oxygen atoms in total. The molecule has 0 aliphatic rings. The lowest BCUT2D eigenvalue weighted by molar-refractivity contribution is 0.175. The molecule has 1 atom stereocenters. The molecule has 0 saturated heterocycles. The molecule has 0 saturated carbocycles. The van der Waals surface area contributed by atoms with E-state index in [-0.39, 0.29) is 0 Å². The van der Waals surface area contributed by atoms with Crippen molar-refractivity contribution in [1.29, 1.82) is 0 Å². The van der Waals surface area contributed by atoms with Crippen molar-refractivity contribution in [3.8, 4) is 0 Å². The summed E-state index contributed by atoms with van der Waals surface area (Å²) >= 11 is 0. The standard InChI is InChI=1S/C12H25B/c1-5-7-9-12(10-13,8-6-2)11(3)4/h11H,5-10H2,1-4H3. The lowest BCUT2D eigenvalue weighted by Gasteiger charge is -2.37. The summed E-state index contributed by atoms with van der Waals surface area (Å²) in [5.74, 6) is 0.726. The van der Waals surface area contributed by atoms with Crippen molar-refractivity contribution in [2.24, 2.45) is 11.3 Å². The average Bonchev–Trinajstić information content (AvgIpc) is 2.12. The van der Waals surface area contributed by atoms with Gasteiger partial charge in [-0.25, -0.2) is 0 Å². The molecule has 0 heterocycles. The normalized spacial score (nSPS) is 16.1. The zero-order chi connectivity index (χ0) is 10.3. The molecule has 2 radical (unpaired) electrons. The summed E-state index contributed by atoms with van der Waals surface area (Å²) in [6.07, 6.45) is 7.35. The van der Waals surface area contributed by atoms with Gasteiger partial charge in [0, 0.05) is 0 Å². The van der Waals surface area contributed by atoms with Gasteiger partial charge >= 0.3 is 0 Å². The van der Waals surface area contributed by atoms with Crippen molar-refractivity contribution in [3.63, 3.8) is 0 Å². The van der Waals surface area contributed by atoms with E-state index in [0.29, 0.717) is 5.41 Å². The Hall–Kier alpha value is 0.0649. The van der Waals surface area contributed by atoms with Crippen molar-refractivity contribution >= 4 is 7.85 Å². The molecule has 1 unspecified atom stereocenters. The number of hydrogen-bond donors (Lipinski definition) is 0. The third kappa shape index (κ3) is 3.75. The highest BCUT2D eigenvalue weighted by atomic mass is 14.3. The third-order valence-corrected chi connectivity index (χ3v) is 3.41. The van der Waals surface area contributed by atoms with Crippen molar-refractivity contribution in [3.05, 3.63) is 0 Å². The molecule has 0 aliphatic heterocycles. The van der Waals surface area contributed by atoms with Crippen LogP contribution >= 0.6 is 0 Å². The minimum Gasteiger partial charge on any atom is -0.0829 e. The maximum absolute atomic E-state index is 5.94. The fourth-order valence-corrected chi connectivity index (χ4v) is 2.17. The van der Waals surface area contributed by atoms with E-state index >= 15 is 0 Å². The summed E-state index contributed by atoms with van der Waals surface area (Å²) < 4.78 is 0. The van der Waals surface area contributed by atoms with Crippen LogP contribution in [0.25, 0.3) is 0 Å². The summed E-state index contributed by atoms with van der Waals surface area (Å²) in [5.41, 5.74) is 0.421. The molecule has 0 aromatic heterocycles. The van der Waals surface area contributed by atoms with Gasteiger partial charge in [0.15, 0.2) is 0 Å². The Balaban J connectivity index is 4.26. The van der Waals surface area contributed by atoms with Gasteiger partial charge in [-0.05, 0) is 24.2 Å². The first-order chi connectivity index (χ1) is 6.13. The molecular weight excluding hydrogens is 155 g/mol. The van der Waals surface area contributed by atoms with Gasteiger partial charge in [0.05, 0.1) is 7.85 Å². The maximum atomic E-state index is 5.94. The average molecular weight is 180 g/mol. The van der Waals surface area contributed by atoms with Crippen LogP contribution in [-0.4, -0.2) is 7.85 Å². The zero-order valence-electron chi connectivity index (χ0n) is 9.90. The number of rotatable bonds is 7. The van der Waals surface area contributed by atoms with Crippen LogP contribution < -0.4 is 0 Å². The van der Waals surface area contributed by atoms with E-state index in [0.717, 1.165) is 12.2 Å². The highest BCUT2D eigenvalue weighted by molar-refractivity contribution is 6.09. The Bertz CT molecular complexity index is 120. The summed E-state index contributed by atoms with van der Waals surface area (Å²) in [5, 5.41) is 0. The summed E-state index contributed by atoms with van der Waals surface area (Å²) in [4.78, 5) is 0. The van der Waals surface area contributed by atoms with E-state index in [4.69, 9.17) is 7.85 Å². The second kappa shape index (κ2) is 6.51. The van der Waals surface area contributed by atoms with Crippen molar-refractivity contribution in [2.75, 3.05) is 0 Å². The summed E-state index contributed by atoms with van der Waals surface area (Å²) in [7, 11) is 5.94. The fraction of sp³-hybridized carbons (Fsp3) is 1.00. The Morgan fingerprint density at radius 3 is 2.00 bits per heavy atom. The predicted octanol–water partition coefficient (Wildman–Crippen LogP) is 4.21. The molecule has 0 fully saturated rings. The van der Waals surface area contributed by atoms with Crippen molar-refractivity contribution in [1.82, 2.24) is 0 Å². The monoisotopic (exact) mass is 180 g/mol. The smallest absolute Gasteiger partial charge is 0.0660 e. The molecule has 0 rings (SSSR count). The first-order valence-corrected chi connectivity index (χ1v) is 5.83. The lowest BCUT2D eigenvalue weighted by Crippen LogP contribution is -2.26. The molecule has 0 aromatic rings. The van der Waals surface area contributed by atoms with Crippen molar-refractivity contribution < 1.29 is 0 Å². The summed E-state index contributed by atoms with van der Waals surface area (Å²) in [6.45, 7) is 9.16. The fourth-order valence-electron chi connectivity index (χ4n) is 2.17. The van der Waals surface area contributed by atoms with E-state index in [2.05, 4.69) is 27.7 Å². The van der Waals surface area contributed by atoms with Gasteiger partial charge in [0.25, 0.3) is 0 Å². The quantitative estimate of drug-likeness (QED) is 0.515. The van der Waals surface area contributed by atoms with Crippen LogP contribution in [0.15, 0.2) is 0 Å². The van der Waals surface area contributed by atoms with E-state index in [9.17, 15) is 0 Å². The van der Waals surface area contributed by atoms with Crippen LogP contribution in [0.3, 0.4) is 0 Å². The van der Waals surface area contributed by atoms with Gasteiger partial charge in [-0.1, -0.05) is 53.3 Å². The highest BCUT2D eigenvalue weighted by Gasteiger charge is 2.29. The molecule has 0 N–H and O–H groups in total. The Kier molecular flexibility index (Phi) is 6.54. The second-order valence-corrected chi connectivity index (χ2v) is 4.57. The van der Waals surface area contributed by atoms with Crippen LogP contribution in [0, 0.1) is 11.3 Å². The largest absolute Gasteiger partial charge is 0.0829 e. The predicted molar refractivity (Wildman–Crippen MR) is 62.3 cm³/mol. The molecule has 13 heavy (non-hydrogen) atoms. The van der Waals surface area contributed by atoms with Crippen LogP contribution in [0.2, 0.25) is 6.32 Å². The molecule has 0 amide bonds. The maximum Gasteiger partial charge on any atom is 0.0660 e. The van der Waals surface area contributed by atoms with Crippen molar-refractivity contribution in [2.45, 2.75) is 66.1 Å². The number of hydrogen-bond acceptors (Lipinski definition) is 0. The van der Waals surface area contributed by atoms with Gasteiger partial charge in [-0.2, -0.15) is 0 Å². The SMILES string of the molecule is [B]CC(CCC)(CCCC)C(C)C. The van der Waals surface area contributed by atoms with E-state index < -0.39 is 0 Å². The van der Waals surface area contributed by atoms with E-state index in [1.165, 1.54) is 32.1 Å². The molecule has 0 spiro atoms. The van der Waals surface area contributed by atoms with Gasteiger partial charge in [-0.15, -0.1) is 0 Å². The Morgan fingerprint density at radius 1 is 1.08 bits per heavy atom. The van der Waals surface area contributed by atoms with Gasteiger partial charge in [0.2, 0.25) is 0 Å². The molecule has 0 aliphatic carbocycles. The van der Waals surface area contributed by atoms with Crippen LogP contribution in [-0.2, 0) is 0 Å². The third-order valence-electron chi connectivity index (χ3n) is 3.41. The summed E-state index contributed by atoms with van der Waals surface area (Å²) in [6, 6.07) is 0. The van der Waals surface area contributed by atoms with Gasteiger partial charge < -0.3 is 0 Å². The van der Waals surface area contributed by atoms with E-state index in [1.54, 1.807) is 0 Å². The van der Waals surface area contributed by atoms with E-state index in [1.807, 2.05) is 0 Å². The first-order valence-electron chi connectivity index (χ1n) is 5.83. The van der Waals surface area contributed by atoms with Gasteiger partial charge in [-0.3, -0.25) is 0 Å². The topological polar surface area (TPSA) is 0 Å². The van der Waals surface area contributed by atoms with Crippen LogP contribution in [0.1, 0.15) is 59.8 Å². The number of unbranched alkanes of at least 4 members (excludes halogenated alkanes) is 1. The molecule has 76 valence electrons. The minimum absolute atomic E-state index is 0.421. The Labute approximate surface area is 85.9 Å². The molecular formula is C12H25B. The second-order valence-electron chi connectivity index (χ2n) is 4.57. The lowest BCUT2D eigenvalue weighted by atomic mass is 9.63.